The highest BCUT2D eigenvalue weighted by molar-refractivity contribution is 7.99. The van der Waals surface area contributed by atoms with Crippen molar-refractivity contribution in [2.24, 2.45) is 0 Å². The number of hydrogen-bond acceptors (Lipinski definition) is 3. The fourth-order valence-corrected chi connectivity index (χ4v) is 3.28. The summed E-state index contributed by atoms with van der Waals surface area (Å²) in [7, 11) is 0. The molecule has 1 aliphatic rings. The molecule has 0 amide bonds. The maximum atomic E-state index is 5.96. The van der Waals surface area contributed by atoms with Crippen LogP contribution in [0.1, 0.15) is 30.5 Å². The monoisotopic (exact) mass is 265 g/mol. The van der Waals surface area contributed by atoms with E-state index in [0.717, 1.165) is 31.1 Å². The number of benzene rings is 1. The topological polar surface area (TPSA) is 21.3 Å². The van der Waals surface area contributed by atoms with Crippen molar-refractivity contribution in [3.8, 4) is 0 Å². The van der Waals surface area contributed by atoms with Gasteiger partial charge in [0.2, 0.25) is 0 Å². The number of nitrogens with one attached hydrogen (secondary N) is 1. The molecule has 2 atom stereocenters. The maximum absolute atomic E-state index is 5.96. The van der Waals surface area contributed by atoms with Gasteiger partial charge in [0.15, 0.2) is 0 Å². The van der Waals surface area contributed by atoms with Crippen molar-refractivity contribution >= 4 is 11.8 Å². The SMILES string of the molecule is CCCNC(c1ccccc1C)C1CSCCO1. The van der Waals surface area contributed by atoms with Gasteiger partial charge in [-0.25, -0.2) is 0 Å². The van der Waals surface area contributed by atoms with E-state index in [0.29, 0.717) is 12.1 Å². The van der Waals surface area contributed by atoms with Gasteiger partial charge >= 0.3 is 0 Å². The Hall–Kier alpha value is -0.510. The van der Waals surface area contributed by atoms with E-state index in [1.807, 2.05) is 11.8 Å². The summed E-state index contributed by atoms with van der Waals surface area (Å²) in [5.41, 5.74) is 2.74. The van der Waals surface area contributed by atoms with Gasteiger partial charge in [-0.1, -0.05) is 31.2 Å². The molecule has 18 heavy (non-hydrogen) atoms. The highest BCUT2D eigenvalue weighted by Crippen LogP contribution is 2.27. The van der Waals surface area contributed by atoms with Gasteiger partial charge in [0.1, 0.15) is 0 Å². The molecule has 0 aliphatic carbocycles. The first-order valence-corrected chi connectivity index (χ1v) is 7.96. The predicted octanol–water partition coefficient (Wildman–Crippen LogP) is 3.17. The van der Waals surface area contributed by atoms with E-state index < -0.39 is 0 Å². The van der Waals surface area contributed by atoms with Gasteiger partial charge in [0, 0.05) is 11.5 Å². The van der Waals surface area contributed by atoms with Crippen LogP contribution in [0.5, 0.6) is 0 Å². The van der Waals surface area contributed by atoms with Crippen LogP contribution in [0.4, 0.5) is 0 Å². The standard InChI is InChI=1S/C15H23NOS/c1-3-8-16-15(14-11-18-10-9-17-14)13-7-5-4-6-12(13)2/h4-7,14-16H,3,8-11H2,1-2H3. The number of aryl methyl sites for hydroxylation is 1. The molecule has 0 bridgehead atoms. The van der Waals surface area contributed by atoms with Gasteiger partial charge in [0.05, 0.1) is 18.8 Å². The Morgan fingerprint density at radius 3 is 2.94 bits per heavy atom. The van der Waals surface area contributed by atoms with E-state index in [1.54, 1.807) is 0 Å². The average Bonchev–Trinajstić information content (AvgIpc) is 2.42. The normalized spacial score (nSPS) is 21.8. The third-order valence-corrected chi connectivity index (χ3v) is 4.37. The summed E-state index contributed by atoms with van der Waals surface area (Å²) in [5.74, 6) is 2.22. The van der Waals surface area contributed by atoms with Crippen molar-refractivity contribution in [1.82, 2.24) is 5.32 Å². The highest BCUT2D eigenvalue weighted by atomic mass is 32.2. The zero-order valence-corrected chi connectivity index (χ0v) is 12.1. The Morgan fingerprint density at radius 2 is 2.28 bits per heavy atom. The van der Waals surface area contributed by atoms with Gasteiger partial charge in [-0.2, -0.15) is 11.8 Å². The molecule has 0 spiro atoms. The molecule has 2 unspecified atom stereocenters. The molecule has 1 aliphatic heterocycles. The van der Waals surface area contributed by atoms with Crippen molar-refractivity contribution in [1.29, 1.82) is 0 Å². The molecule has 1 aromatic carbocycles. The first-order valence-electron chi connectivity index (χ1n) is 6.81. The van der Waals surface area contributed by atoms with Gasteiger partial charge in [-0.05, 0) is 31.0 Å². The lowest BCUT2D eigenvalue weighted by molar-refractivity contribution is 0.0466. The van der Waals surface area contributed by atoms with Crippen molar-refractivity contribution in [2.75, 3.05) is 24.7 Å². The molecular formula is C15H23NOS. The van der Waals surface area contributed by atoms with Crippen LogP contribution in [0.15, 0.2) is 24.3 Å². The molecule has 1 heterocycles. The third kappa shape index (κ3) is 3.50. The smallest absolute Gasteiger partial charge is 0.0860 e. The Bertz CT molecular complexity index is 363. The van der Waals surface area contributed by atoms with Crippen LogP contribution in [0.2, 0.25) is 0 Å². The van der Waals surface area contributed by atoms with Crippen LogP contribution in [-0.4, -0.2) is 30.8 Å². The number of hydrogen-bond donors (Lipinski definition) is 1. The van der Waals surface area contributed by atoms with Gasteiger partial charge in [-0.15, -0.1) is 0 Å². The Balaban J connectivity index is 2.15. The summed E-state index contributed by atoms with van der Waals surface area (Å²) >= 11 is 2.00. The Labute approximate surface area is 114 Å². The number of thioether (sulfide) groups is 1. The molecular weight excluding hydrogens is 242 g/mol. The van der Waals surface area contributed by atoms with E-state index in [-0.39, 0.29) is 0 Å². The quantitative estimate of drug-likeness (QED) is 0.883. The lowest BCUT2D eigenvalue weighted by atomic mass is 9.97. The minimum Gasteiger partial charge on any atom is -0.375 e. The van der Waals surface area contributed by atoms with Crippen molar-refractivity contribution in [2.45, 2.75) is 32.4 Å². The van der Waals surface area contributed by atoms with Crippen LogP contribution in [0.25, 0.3) is 0 Å². The molecule has 1 saturated heterocycles. The Kier molecular flexibility index (Phi) is 5.54. The zero-order valence-electron chi connectivity index (χ0n) is 11.3. The first-order chi connectivity index (χ1) is 8.83. The average molecular weight is 265 g/mol. The fourth-order valence-electron chi connectivity index (χ4n) is 2.38. The number of rotatable bonds is 5. The molecule has 3 heteroatoms. The highest BCUT2D eigenvalue weighted by Gasteiger charge is 2.26. The molecule has 2 rings (SSSR count). The Morgan fingerprint density at radius 1 is 1.44 bits per heavy atom. The molecule has 1 fully saturated rings. The molecule has 1 N–H and O–H groups in total. The largest absolute Gasteiger partial charge is 0.375 e. The third-order valence-electron chi connectivity index (χ3n) is 3.35. The maximum Gasteiger partial charge on any atom is 0.0860 e. The second-order valence-electron chi connectivity index (χ2n) is 4.77. The van der Waals surface area contributed by atoms with Crippen LogP contribution in [0, 0.1) is 6.92 Å². The lowest BCUT2D eigenvalue weighted by Gasteiger charge is -2.32. The lowest BCUT2D eigenvalue weighted by Crippen LogP contribution is -2.38. The second kappa shape index (κ2) is 7.17. The van der Waals surface area contributed by atoms with E-state index in [4.69, 9.17) is 4.74 Å². The fraction of sp³-hybridized carbons (Fsp3) is 0.600. The summed E-state index contributed by atoms with van der Waals surface area (Å²) in [6.07, 6.45) is 1.46. The predicted molar refractivity (Wildman–Crippen MR) is 79.3 cm³/mol. The van der Waals surface area contributed by atoms with E-state index in [2.05, 4.69) is 43.4 Å². The van der Waals surface area contributed by atoms with Crippen molar-refractivity contribution in [3.05, 3.63) is 35.4 Å². The molecule has 0 saturated carbocycles. The van der Waals surface area contributed by atoms with E-state index >= 15 is 0 Å². The molecule has 0 radical (unpaired) electrons. The van der Waals surface area contributed by atoms with E-state index in [9.17, 15) is 0 Å². The minimum absolute atomic E-state index is 0.302. The van der Waals surface area contributed by atoms with Crippen LogP contribution < -0.4 is 5.32 Å². The van der Waals surface area contributed by atoms with Gasteiger partial charge in [0.25, 0.3) is 0 Å². The second-order valence-corrected chi connectivity index (χ2v) is 5.92. The van der Waals surface area contributed by atoms with Crippen LogP contribution >= 0.6 is 11.8 Å². The van der Waals surface area contributed by atoms with E-state index in [1.165, 1.54) is 11.1 Å². The summed E-state index contributed by atoms with van der Waals surface area (Å²) < 4.78 is 5.96. The minimum atomic E-state index is 0.302. The zero-order chi connectivity index (χ0) is 12.8. The van der Waals surface area contributed by atoms with Crippen LogP contribution in [-0.2, 0) is 4.74 Å². The molecule has 0 aromatic heterocycles. The van der Waals surface area contributed by atoms with Crippen molar-refractivity contribution in [3.63, 3.8) is 0 Å². The first kappa shape index (κ1) is 13.9. The molecule has 100 valence electrons. The van der Waals surface area contributed by atoms with Crippen LogP contribution in [0.3, 0.4) is 0 Å². The summed E-state index contributed by atoms with van der Waals surface area (Å²) in [5, 5.41) is 3.66. The molecule has 1 aromatic rings. The van der Waals surface area contributed by atoms with Crippen molar-refractivity contribution < 1.29 is 4.74 Å². The van der Waals surface area contributed by atoms with Gasteiger partial charge in [-0.3, -0.25) is 0 Å². The summed E-state index contributed by atoms with van der Waals surface area (Å²) in [4.78, 5) is 0. The molecule has 2 nitrogen and oxygen atoms in total. The number of ether oxygens (including phenoxy) is 1. The van der Waals surface area contributed by atoms with Gasteiger partial charge < -0.3 is 10.1 Å². The summed E-state index contributed by atoms with van der Waals surface area (Å²) in [6.45, 7) is 6.32. The summed E-state index contributed by atoms with van der Waals surface area (Å²) in [6, 6.07) is 8.97.